The predicted molar refractivity (Wildman–Crippen MR) is 193 cm³/mol. The molecule has 2 aliphatic carbocycles. The third kappa shape index (κ3) is 7.72. The molecule has 58 heavy (non-hydrogen) atoms. The van der Waals surface area contributed by atoms with Crippen LogP contribution >= 0.6 is 0 Å². The zero-order valence-corrected chi connectivity index (χ0v) is 31.8. The molecule has 0 radical (unpaired) electrons. The van der Waals surface area contributed by atoms with E-state index in [-0.39, 0.29) is 57.6 Å². The van der Waals surface area contributed by atoms with Gasteiger partial charge in [-0.15, -0.1) is 0 Å². The summed E-state index contributed by atoms with van der Waals surface area (Å²) in [6, 6.07) is 6.19. The minimum Gasteiger partial charge on any atom is -0.378 e. The Hall–Kier alpha value is -5.55. The predicted octanol–water partition coefficient (Wildman–Crippen LogP) is 6.46. The smallest absolute Gasteiger partial charge is 0.378 e. The van der Waals surface area contributed by atoms with E-state index in [2.05, 4.69) is 37.1 Å². The van der Waals surface area contributed by atoms with Gasteiger partial charge in [0.1, 0.15) is 41.0 Å². The second kappa shape index (κ2) is 14.1. The van der Waals surface area contributed by atoms with Crippen LogP contribution in [0.15, 0.2) is 42.5 Å². The lowest BCUT2D eigenvalue weighted by Gasteiger charge is -2.34. The molecule has 20 heteroatoms. The van der Waals surface area contributed by atoms with E-state index < -0.39 is 98.9 Å². The molecule has 3 aromatic heterocycles. The number of carbonyl (C=O) groups is 1. The van der Waals surface area contributed by atoms with Gasteiger partial charge < -0.3 is 10.4 Å². The molecular formula is C38H33F8N7O4S. The standard InChI is InChI=1S/C38H33F8N7O4S/c1-36(2,55)12-11-21-5-6-22(23-8-10-26(41)30-32(23)52(3)50-35(30)51-58(4,56)57)31(47-21)27(15-18-13-19(39)16-20(40)14-18)48-28(54)17-53-34-29(33(49-53)38(44,45)46)24-7-9-25(24)37(34,42)43/h5-6,8,10,13-14,16,24-25,27,55H,7,9,15,17H2,1-4H3,(H,48,54)(H,50,51)/t24-,25+,27-/m0/s1. The lowest BCUT2D eigenvalue weighted by atomic mass is 9.73. The fourth-order valence-corrected chi connectivity index (χ4v) is 8.11. The van der Waals surface area contributed by atoms with E-state index in [1.165, 1.54) is 43.8 Å². The maximum atomic E-state index is 15.6. The molecule has 0 aliphatic heterocycles. The summed E-state index contributed by atoms with van der Waals surface area (Å²) in [5.74, 6) is -5.31. The van der Waals surface area contributed by atoms with Gasteiger partial charge in [0.2, 0.25) is 15.9 Å². The first-order chi connectivity index (χ1) is 26.9. The number of halogens is 8. The molecule has 5 aromatic rings. The van der Waals surface area contributed by atoms with Gasteiger partial charge in [0, 0.05) is 35.7 Å². The first kappa shape index (κ1) is 40.6. The number of aliphatic hydroxyl groups is 1. The van der Waals surface area contributed by atoms with Crippen molar-refractivity contribution in [3.63, 3.8) is 0 Å². The van der Waals surface area contributed by atoms with Crippen LogP contribution in [0.25, 0.3) is 22.0 Å². The first-order valence-corrected chi connectivity index (χ1v) is 19.5. The van der Waals surface area contributed by atoms with Crippen molar-refractivity contribution < 1.29 is 53.4 Å². The highest BCUT2D eigenvalue weighted by molar-refractivity contribution is 7.92. The topological polar surface area (TPSA) is 144 Å². The molecule has 3 N–H and O–H groups in total. The van der Waals surface area contributed by atoms with Crippen LogP contribution in [-0.2, 0) is 46.9 Å². The fraction of sp³-hybridized carbons (Fsp3) is 0.368. The number of fused-ring (bicyclic) bond motifs is 4. The summed E-state index contributed by atoms with van der Waals surface area (Å²) in [6.45, 7) is 1.65. The van der Waals surface area contributed by atoms with Crippen LogP contribution in [0.1, 0.15) is 72.6 Å². The molecule has 0 spiro atoms. The van der Waals surface area contributed by atoms with Crippen molar-refractivity contribution in [2.45, 2.75) is 69.3 Å². The molecule has 11 nitrogen and oxygen atoms in total. The van der Waals surface area contributed by atoms with Gasteiger partial charge in [0.05, 0.1) is 28.9 Å². The Morgan fingerprint density at radius 3 is 2.31 bits per heavy atom. The largest absolute Gasteiger partial charge is 0.435 e. The maximum Gasteiger partial charge on any atom is 0.435 e. The van der Waals surface area contributed by atoms with Crippen molar-refractivity contribution in [1.29, 1.82) is 0 Å². The molecular weight excluding hydrogens is 803 g/mol. The third-order valence-corrected chi connectivity index (χ3v) is 10.5. The summed E-state index contributed by atoms with van der Waals surface area (Å²) >= 11 is 0. The second-order valence-electron chi connectivity index (χ2n) is 14.9. The number of hydrogen-bond acceptors (Lipinski definition) is 7. The van der Waals surface area contributed by atoms with Gasteiger partial charge >= 0.3 is 6.18 Å². The van der Waals surface area contributed by atoms with Gasteiger partial charge in [0.15, 0.2) is 11.5 Å². The van der Waals surface area contributed by atoms with Gasteiger partial charge in [-0.25, -0.2) is 26.6 Å². The van der Waals surface area contributed by atoms with Crippen molar-refractivity contribution in [1.82, 2.24) is 29.9 Å². The van der Waals surface area contributed by atoms with Crippen molar-refractivity contribution in [2.24, 2.45) is 13.0 Å². The average Bonchev–Trinajstić information content (AvgIpc) is 3.64. The number of nitrogens with one attached hydrogen (secondary N) is 2. The van der Waals surface area contributed by atoms with E-state index in [1.54, 1.807) is 0 Å². The number of aryl methyl sites for hydroxylation is 1. The van der Waals surface area contributed by atoms with E-state index in [1.807, 2.05) is 0 Å². The van der Waals surface area contributed by atoms with Crippen LogP contribution in [0.5, 0.6) is 0 Å². The van der Waals surface area contributed by atoms with Crippen LogP contribution in [-0.4, -0.2) is 55.8 Å². The van der Waals surface area contributed by atoms with E-state index in [0.29, 0.717) is 10.7 Å². The minimum absolute atomic E-state index is 0.0110. The number of hydrogen-bond donors (Lipinski definition) is 3. The Morgan fingerprint density at radius 2 is 1.71 bits per heavy atom. The van der Waals surface area contributed by atoms with Crippen molar-refractivity contribution in [2.75, 3.05) is 11.0 Å². The molecule has 7 rings (SSSR count). The maximum absolute atomic E-state index is 15.6. The number of anilines is 1. The number of rotatable bonds is 9. The van der Waals surface area contributed by atoms with Gasteiger partial charge in [-0.05, 0) is 86.9 Å². The number of nitrogens with zero attached hydrogens (tertiary/aromatic N) is 5. The van der Waals surface area contributed by atoms with Gasteiger partial charge in [0.25, 0.3) is 5.92 Å². The van der Waals surface area contributed by atoms with Crippen LogP contribution in [0.3, 0.4) is 0 Å². The molecule has 1 fully saturated rings. The zero-order chi connectivity index (χ0) is 42.3. The van der Waals surface area contributed by atoms with Crippen LogP contribution in [0.4, 0.5) is 40.9 Å². The van der Waals surface area contributed by atoms with E-state index >= 15 is 13.2 Å². The summed E-state index contributed by atoms with van der Waals surface area (Å²) in [5, 5.41) is 20.2. The van der Waals surface area contributed by atoms with Crippen LogP contribution in [0, 0.1) is 35.2 Å². The second-order valence-corrected chi connectivity index (χ2v) is 16.6. The number of benzene rings is 2. The van der Waals surface area contributed by atoms with Crippen molar-refractivity contribution in [3.05, 3.63) is 93.8 Å². The Labute approximate surface area is 325 Å². The number of sulfonamides is 1. The molecule has 3 atom stereocenters. The monoisotopic (exact) mass is 835 g/mol. The van der Waals surface area contributed by atoms with Crippen molar-refractivity contribution in [3.8, 4) is 23.0 Å². The highest BCUT2D eigenvalue weighted by Gasteiger charge is 2.63. The van der Waals surface area contributed by atoms with E-state index in [0.717, 1.165) is 24.5 Å². The summed E-state index contributed by atoms with van der Waals surface area (Å²) in [4.78, 5) is 18.6. The highest BCUT2D eigenvalue weighted by atomic mass is 32.2. The zero-order valence-electron chi connectivity index (χ0n) is 30.9. The number of alkyl halides is 5. The molecule has 1 amide bonds. The first-order valence-electron chi connectivity index (χ1n) is 17.6. The lowest BCUT2D eigenvalue weighted by molar-refractivity contribution is -0.144. The molecule has 3 heterocycles. The normalized spacial score (nSPS) is 17.9. The van der Waals surface area contributed by atoms with E-state index in [4.69, 9.17) is 0 Å². The number of aromatic nitrogens is 5. The number of pyridine rings is 1. The van der Waals surface area contributed by atoms with Gasteiger partial charge in [-0.2, -0.15) is 32.1 Å². The Balaban J connectivity index is 1.39. The molecule has 1 saturated carbocycles. The molecule has 2 aromatic carbocycles. The number of carbonyl (C=O) groups excluding carboxylic acids is 1. The molecule has 0 saturated heterocycles. The molecule has 2 aliphatic rings. The number of amides is 1. The average molecular weight is 836 g/mol. The minimum atomic E-state index is -5.11. The molecule has 0 bridgehead atoms. The van der Waals surface area contributed by atoms with E-state index in [9.17, 15) is 40.3 Å². The highest BCUT2D eigenvalue weighted by Crippen LogP contribution is 2.64. The Kier molecular flexibility index (Phi) is 9.86. The van der Waals surface area contributed by atoms with Crippen LogP contribution in [0.2, 0.25) is 0 Å². The molecule has 0 unspecified atom stereocenters. The summed E-state index contributed by atoms with van der Waals surface area (Å²) in [5.41, 5.74) is -4.60. The van der Waals surface area contributed by atoms with Crippen molar-refractivity contribution >= 4 is 32.7 Å². The van der Waals surface area contributed by atoms with Gasteiger partial charge in [-0.1, -0.05) is 5.92 Å². The van der Waals surface area contributed by atoms with Gasteiger partial charge in [-0.3, -0.25) is 18.9 Å². The SMILES string of the molecule is Cn1nc(NS(C)(=O)=O)c2c(F)ccc(-c3ccc(C#CC(C)(C)O)nc3[C@H](Cc3cc(F)cc(F)c3)NC(=O)Cn3nc(C(F)(F)F)c4c3C(F)(F)[C@@H]3CC[C@H]43)c21. The summed E-state index contributed by atoms with van der Waals surface area (Å²) < 4.78 is 146. The fourth-order valence-electron chi connectivity index (χ4n) is 7.61. The molecule has 306 valence electrons. The Bertz CT molecular complexity index is 2660. The summed E-state index contributed by atoms with van der Waals surface area (Å²) in [6.07, 6.45) is -4.67. The van der Waals surface area contributed by atoms with Crippen LogP contribution < -0.4 is 10.0 Å². The Morgan fingerprint density at radius 1 is 1.03 bits per heavy atom. The quantitative estimate of drug-likeness (QED) is 0.114. The third-order valence-electron chi connectivity index (χ3n) is 9.94. The summed E-state index contributed by atoms with van der Waals surface area (Å²) in [7, 11) is -2.57. The lowest BCUT2D eigenvalue weighted by Crippen LogP contribution is -2.36.